The van der Waals surface area contributed by atoms with Crippen molar-refractivity contribution in [2.75, 3.05) is 10.6 Å². The van der Waals surface area contributed by atoms with Crippen molar-refractivity contribution in [2.24, 2.45) is 18.5 Å². The van der Waals surface area contributed by atoms with Gasteiger partial charge >= 0.3 is 0 Å². The maximum Gasteiger partial charge on any atom is 0.271 e. The summed E-state index contributed by atoms with van der Waals surface area (Å²) in [6.07, 6.45) is 10.1. The lowest BCUT2D eigenvalue weighted by Crippen LogP contribution is -2.39. The standard InChI is InChI=1S/C19H25N9O2/c1-27-10-14(16(26-27)17(21)29)24-19(30)11-9-22-28-8-7-15(25-18(11)28)23-13-6-4-2-3-5-12(13)20/h7-10,12-13H,2-6,20H2,1H3,(H2,21,29)(H,23,25)(H,24,30). The molecule has 3 heterocycles. The van der Waals surface area contributed by atoms with Crippen molar-refractivity contribution in [3.05, 3.63) is 35.9 Å². The summed E-state index contributed by atoms with van der Waals surface area (Å²) in [6.45, 7) is 0. The van der Waals surface area contributed by atoms with Gasteiger partial charge in [-0.1, -0.05) is 19.3 Å². The van der Waals surface area contributed by atoms with Gasteiger partial charge in [0.25, 0.3) is 11.8 Å². The zero-order valence-corrected chi connectivity index (χ0v) is 16.7. The van der Waals surface area contributed by atoms with Crippen LogP contribution >= 0.6 is 0 Å². The summed E-state index contributed by atoms with van der Waals surface area (Å²) in [5, 5.41) is 14.2. The van der Waals surface area contributed by atoms with Crippen molar-refractivity contribution in [2.45, 2.75) is 44.2 Å². The lowest BCUT2D eigenvalue weighted by molar-refractivity contribution is 0.0995. The Labute approximate surface area is 172 Å². The molecule has 1 saturated carbocycles. The van der Waals surface area contributed by atoms with E-state index in [1.165, 1.54) is 28.0 Å². The highest BCUT2D eigenvalue weighted by molar-refractivity contribution is 6.10. The molecule has 158 valence electrons. The minimum atomic E-state index is -0.727. The Morgan fingerprint density at radius 2 is 2.03 bits per heavy atom. The van der Waals surface area contributed by atoms with E-state index < -0.39 is 11.8 Å². The number of nitrogens with one attached hydrogen (secondary N) is 2. The molecule has 1 fully saturated rings. The quantitative estimate of drug-likeness (QED) is 0.454. The molecule has 2 unspecified atom stereocenters. The summed E-state index contributed by atoms with van der Waals surface area (Å²) in [4.78, 5) is 29.0. The summed E-state index contributed by atoms with van der Waals surface area (Å²) in [7, 11) is 1.63. The van der Waals surface area contributed by atoms with Gasteiger partial charge in [-0.25, -0.2) is 9.50 Å². The van der Waals surface area contributed by atoms with E-state index in [1.807, 2.05) is 6.07 Å². The first-order valence-corrected chi connectivity index (χ1v) is 9.93. The summed E-state index contributed by atoms with van der Waals surface area (Å²) in [5.74, 6) is -0.551. The van der Waals surface area contributed by atoms with E-state index in [9.17, 15) is 9.59 Å². The van der Waals surface area contributed by atoms with E-state index in [4.69, 9.17) is 11.5 Å². The number of aromatic nitrogens is 5. The van der Waals surface area contributed by atoms with Crippen molar-refractivity contribution in [3.8, 4) is 0 Å². The predicted octanol–water partition coefficient (Wildman–Crippen LogP) is 0.886. The van der Waals surface area contributed by atoms with Crippen LogP contribution in [0.5, 0.6) is 0 Å². The minimum absolute atomic E-state index is 0.0139. The Bertz CT molecular complexity index is 1090. The zero-order chi connectivity index (χ0) is 21.3. The molecule has 6 N–H and O–H groups in total. The van der Waals surface area contributed by atoms with Gasteiger partial charge in [0, 0.05) is 31.5 Å². The Morgan fingerprint density at radius 3 is 2.83 bits per heavy atom. The number of anilines is 2. The molecular formula is C19H25N9O2. The van der Waals surface area contributed by atoms with Gasteiger partial charge in [0.2, 0.25) is 0 Å². The first-order chi connectivity index (χ1) is 14.4. The second-order valence-corrected chi connectivity index (χ2v) is 7.58. The molecule has 4 rings (SSSR count). The van der Waals surface area contributed by atoms with Crippen LogP contribution in [0.2, 0.25) is 0 Å². The second kappa shape index (κ2) is 8.11. The van der Waals surface area contributed by atoms with Crippen molar-refractivity contribution >= 4 is 29.0 Å². The average molecular weight is 411 g/mol. The van der Waals surface area contributed by atoms with Gasteiger partial charge in [-0.15, -0.1) is 0 Å². The van der Waals surface area contributed by atoms with Gasteiger partial charge in [-0.3, -0.25) is 14.3 Å². The van der Waals surface area contributed by atoms with Gasteiger partial charge in [0.15, 0.2) is 11.3 Å². The Balaban J connectivity index is 1.58. The molecule has 3 aromatic heterocycles. The molecule has 3 aromatic rings. The van der Waals surface area contributed by atoms with E-state index in [0.29, 0.717) is 11.5 Å². The number of rotatable bonds is 5. The molecule has 1 aliphatic carbocycles. The van der Waals surface area contributed by atoms with Gasteiger partial charge in [-0.2, -0.15) is 10.2 Å². The van der Waals surface area contributed by atoms with Crippen molar-refractivity contribution < 1.29 is 9.59 Å². The fraction of sp³-hybridized carbons (Fsp3) is 0.421. The van der Waals surface area contributed by atoms with Crippen LogP contribution in [0.4, 0.5) is 11.5 Å². The predicted molar refractivity (Wildman–Crippen MR) is 111 cm³/mol. The van der Waals surface area contributed by atoms with Crippen molar-refractivity contribution in [3.63, 3.8) is 0 Å². The fourth-order valence-corrected chi connectivity index (χ4v) is 3.77. The topological polar surface area (TPSA) is 158 Å². The molecule has 0 radical (unpaired) electrons. The number of amides is 2. The highest BCUT2D eigenvalue weighted by atomic mass is 16.2. The van der Waals surface area contributed by atoms with Crippen LogP contribution in [-0.2, 0) is 7.05 Å². The lowest BCUT2D eigenvalue weighted by Gasteiger charge is -2.23. The van der Waals surface area contributed by atoms with Crippen LogP contribution in [0.25, 0.3) is 5.65 Å². The number of nitrogens with two attached hydrogens (primary N) is 2. The number of carbonyl (C=O) groups is 2. The van der Waals surface area contributed by atoms with E-state index >= 15 is 0 Å². The maximum absolute atomic E-state index is 12.8. The second-order valence-electron chi connectivity index (χ2n) is 7.58. The normalized spacial score (nSPS) is 19.4. The van der Waals surface area contributed by atoms with Crippen LogP contribution in [0.1, 0.15) is 53.0 Å². The molecule has 0 saturated heterocycles. The molecular weight excluding hydrogens is 386 g/mol. The van der Waals surface area contributed by atoms with Crippen LogP contribution < -0.4 is 22.1 Å². The molecule has 11 nitrogen and oxygen atoms in total. The molecule has 30 heavy (non-hydrogen) atoms. The van der Waals surface area contributed by atoms with Crippen molar-refractivity contribution in [1.82, 2.24) is 24.4 Å². The third-order valence-corrected chi connectivity index (χ3v) is 5.33. The Morgan fingerprint density at radius 1 is 1.23 bits per heavy atom. The summed E-state index contributed by atoms with van der Waals surface area (Å²) in [5.41, 5.74) is 12.5. The van der Waals surface area contributed by atoms with E-state index in [-0.39, 0.29) is 29.0 Å². The Hall–Kier alpha value is -3.47. The highest BCUT2D eigenvalue weighted by Gasteiger charge is 2.22. The SMILES string of the molecule is Cn1cc(NC(=O)c2cnn3ccc(NC4CCCCCC4N)nc23)c(C(N)=O)n1. The summed E-state index contributed by atoms with van der Waals surface area (Å²) in [6, 6.07) is 2.01. The molecule has 1 aliphatic rings. The molecule has 0 aromatic carbocycles. The van der Waals surface area contributed by atoms with Crippen molar-refractivity contribution in [1.29, 1.82) is 0 Å². The minimum Gasteiger partial charge on any atom is -0.366 e. The molecule has 2 amide bonds. The van der Waals surface area contributed by atoms with Gasteiger partial charge < -0.3 is 22.1 Å². The molecule has 0 spiro atoms. The lowest BCUT2D eigenvalue weighted by atomic mass is 10.0. The monoisotopic (exact) mass is 411 g/mol. The molecule has 0 aliphatic heterocycles. The van der Waals surface area contributed by atoms with Crippen LogP contribution in [0.15, 0.2) is 24.7 Å². The smallest absolute Gasteiger partial charge is 0.271 e. The first kappa shape index (κ1) is 19.8. The summed E-state index contributed by atoms with van der Waals surface area (Å²) < 4.78 is 2.92. The number of hydrogen-bond acceptors (Lipinski definition) is 7. The molecule has 11 heteroatoms. The van der Waals surface area contributed by atoms with Gasteiger partial charge in [-0.05, 0) is 18.9 Å². The first-order valence-electron chi connectivity index (χ1n) is 9.93. The van der Waals surface area contributed by atoms with Gasteiger partial charge in [0.1, 0.15) is 11.4 Å². The van der Waals surface area contributed by atoms with E-state index in [0.717, 1.165) is 25.7 Å². The number of aryl methyl sites for hydroxylation is 1. The number of primary amides is 1. The van der Waals surface area contributed by atoms with Gasteiger partial charge in [0.05, 0.1) is 11.9 Å². The van der Waals surface area contributed by atoms with E-state index in [1.54, 1.807) is 13.2 Å². The third-order valence-electron chi connectivity index (χ3n) is 5.33. The molecule has 2 atom stereocenters. The number of carbonyl (C=O) groups excluding carboxylic acids is 2. The highest BCUT2D eigenvalue weighted by Crippen LogP contribution is 2.21. The summed E-state index contributed by atoms with van der Waals surface area (Å²) >= 11 is 0. The number of fused-ring (bicyclic) bond motifs is 1. The molecule has 0 bridgehead atoms. The maximum atomic E-state index is 12.8. The Kier molecular flexibility index (Phi) is 5.36. The van der Waals surface area contributed by atoms with Crippen LogP contribution in [0, 0.1) is 0 Å². The van der Waals surface area contributed by atoms with Crippen LogP contribution in [-0.4, -0.2) is 48.3 Å². The van der Waals surface area contributed by atoms with Crippen LogP contribution in [0.3, 0.4) is 0 Å². The van der Waals surface area contributed by atoms with E-state index in [2.05, 4.69) is 25.8 Å². The number of nitrogens with zero attached hydrogens (tertiary/aromatic N) is 5. The third kappa shape index (κ3) is 3.96. The number of hydrogen-bond donors (Lipinski definition) is 4. The fourth-order valence-electron chi connectivity index (χ4n) is 3.77. The average Bonchev–Trinajstić information content (AvgIpc) is 3.23. The largest absolute Gasteiger partial charge is 0.366 e. The zero-order valence-electron chi connectivity index (χ0n) is 16.7.